The lowest BCUT2D eigenvalue weighted by Crippen LogP contribution is -2.15. The number of methoxy groups -OCH3 is 2. The second-order valence-corrected chi connectivity index (χ2v) is 6.53. The van der Waals surface area contributed by atoms with Gasteiger partial charge in [-0.15, -0.1) is 0 Å². The molecule has 0 radical (unpaired) electrons. The number of hydrogen-bond acceptors (Lipinski definition) is 6. The number of aromatic nitrogens is 3. The smallest absolute Gasteiger partial charge is 0.283 e. The topological polar surface area (TPSA) is 65.7 Å². The second kappa shape index (κ2) is 6.18. The Balaban J connectivity index is 1.76. The van der Waals surface area contributed by atoms with Crippen molar-refractivity contribution < 1.29 is 9.47 Å². The van der Waals surface area contributed by atoms with Crippen LogP contribution in [0.25, 0.3) is 15.9 Å². The summed E-state index contributed by atoms with van der Waals surface area (Å²) in [5.74, 6) is 1.35. The van der Waals surface area contributed by atoms with Crippen molar-refractivity contribution in [1.82, 2.24) is 14.6 Å². The summed E-state index contributed by atoms with van der Waals surface area (Å²) in [6, 6.07) is 13.0. The van der Waals surface area contributed by atoms with E-state index < -0.39 is 0 Å². The number of nitrogens with zero attached hydrogens (tertiary/aromatic N) is 3. The Bertz CT molecular complexity index is 1130. The molecule has 0 N–H and O–H groups in total. The van der Waals surface area contributed by atoms with E-state index in [4.69, 9.17) is 9.47 Å². The fourth-order valence-electron chi connectivity index (χ4n) is 2.73. The molecular formula is C18H15N3O3S. The zero-order valence-corrected chi connectivity index (χ0v) is 14.5. The molecule has 2 heterocycles. The van der Waals surface area contributed by atoms with Gasteiger partial charge >= 0.3 is 0 Å². The maximum atomic E-state index is 12.6. The molecule has 2 aromatic carbocycles. The third kappa shape index (κ3) is 2.72. The minimum Gasteiger partial charge on any atom is -0.493 e. The number of benzene rings is 2. The number of fused-ring (bicyclic) bond motifs is 2. The van der Waals surface area contributed by atoms with Crippen molar-refractivity contribution in [2.24, 2.45) is 0 Å². The van der Waals surface area contributed by atoms with Gasteiger partial charge in [0.2, 0.25) is 4.96 Å². The molecule has 0 bridgehead atoms. The molecule has 6 nitrogen and oxygen atoms in total. The highest BCUT2D eigenvalue weighted by atomic mass is 32.1. The van der Waals surface area contributed by atoms with E-state index in [0.717, 1.165) is 10.6 Å². The molecule has 0 spiro atoms. The predicted octanol–water partition coefficient (Wildman–Crippen LogP) is 2.91. The number of rotatable bonds is 4. The van der Waals surface area contributed by atoms with Gasteiger partial charge in [-0.25, -0.2) is 4.98 Å². The molecule has 126 valence electrons. The lowest BCUT2D eigenvalue weighted by molar-refractivity contribution is 0.354. The van der Waals surface area contributed by atoms with Crippen LogP contribution in [0.3, 0.4) is 0 Å². The Morgan fingerprint density at radius 2 is 1.88 bits per heavy atom. The van der Waals surface area contributed by atoms with Crippen molar-refractivity contribution in [2.45, 2.75) is 6.42 Å². The summed E-state index contributed by atoms with van der Waals surface area (Å²) in [4.78, 5) is 17.7. The van der Waals surface area contributed by atoms with Crippen molar-refractivity contribution in [2.75, 3.05) is 14.2 Å². The molecule has 0 aliphatic heterocycles. The van der Waals surface area contributed by atoms with E-state index in [9.17, 15) is 4.79 Å². The predicted molar refractivity (Wildman–Crippen MR) is 97.0 cm³/mol. The van der Waals surface area contributed by atoms with Crippen LogP contribution in [0.2, 0.25) is 0 Å². The Hall–Kier alpha value is -2.93. The van der Waals surface area contributed by atoms with Crippen molar-refractivity contribution in [3.8, 4) is 11.5 Å². The van der Waals surface area contributed by atoms with Gasteiger partial charge in [-0.05, 0) is 29.8 Å². The van der Waals surface area contributed by atoms with Crippen LogP contribution in [0.15, 0.2) is 47.3 Å². The van der Waals surface area contributed by atoms with Crippen molar-refractivity contribution in [3.05, 3.63) is 63.4 Å². The fraction of sp³-hybridized carbons (Fsp3) is 0.167. The number of ether oxygens (including phenoxy) is 2. The quantitative estimate of drug-likeness (QED) is 0.564. The molecule has 0 saturated heterocycles. The average Bonchev–Trinajstić information content (AvgIpc) is 3.04. The Morgan fingerprint density at radius 3 is 2.68 bits per heavy atom. The SMILES string of the molecule is COc1ccc(Cc2nn3c(=O)c4ccccc4nc3s2)cc1OC. The highest BCUT2D eigenvalue weighted by molar-refractivity contribution is 7.16. The Labute approximate surface area is 147 Å². The van der Waals surface area contributed by atoms with Crippen molar-refractivity contribution >= 4 is 27.2 Å². The van der Waals surface area contributed by atoms with E-state index in [-0.39, 0.29) is 5.56 Å². The van der Waals surface area contributed by atoms with E-state index >= 15 is 0 Å². The van der Waals surface area contributed by atoms with Crippen molar-refractivity contribution in [1.29, 1.82) is 0 Å². The number of hydrogen-bond donors (Lipinski definition) is 0. The van der Waals surface area contributed by atoms with Crippen LogP contribution in [0.4, 0.5) is 0 Å². The van der Waals surface area contributed by atoms with Crippen LogP contribution in [0.5, 0.6) is 11.5 Å². The van der Waals surface area contributed by atoms with Gasteiger partial charge in [0.05, 0.1) is 25.1 Å². The summed E-state index contributed by atoms with van der Waals surface area (Å²) < 4.78 is 12.0. The molecule has 0 aliphatic carbocycles. The normalized spacial score (nSPS) is 11.1. The first-order valence-electron chi connectivity index (χ1n) is 7.68. The molecule has 2 aromatic heterocycles. The summed E-state index contributed by atoms with van der Waals surface area (Å²) in [6.07, 6.45) is 0.587. The van der Waals surface area contributed by atoms with Gasteiger partial charge in [0, 0.05) is 6.42 Å². The van der Waals surface area contributed by atoms with Crippen LogP contribution >= 0.6 is 11.3 Å². The van der Waals surface area contributed by atoms with Gasteiger partial charge in [0.15, 0.2) is 11.5 Å². The molecule has 0 unspecified atom stereocenters. The molecular weight excluding hydrogens is 338 g/mol. The van der Waals surface area contributed by atoms with E-state index in [0.29, 0.717) is 33.8 Å². The Kier molecular flexibility index (Phi) is 3.85. The van der Waals surface area contributed by atoms with E-state index in [1.807, 2.05) is 36.4 Å². The molecule has 4 aromatic rings. The van der Waals surface area contributed by atoms with Crippen LogP contribution < -0.4 is 15.0 Å². The standard InChI is InChI=1S/C18H15N3O3S/c1-23-14-8-7-11(9-15(14)24-2)10-16-20-21-17(22)12-5-3-4-6-13(12)19-18(21)25-16/h3-9H,10H2,1-2H3. The maximum absolute atomic E-state index is 12.6. The molecule has 0 amide bonds. The van der Waals surface area contributed by atoms with Gasteiger partial charge in [0.1, 0.15) is 5.01 Å². The lowest BCUT2D eigenvalue weighted by atomic mass is 10.1. The first-order valence-corrected chi connectivity index (χ1v) is 8.49. The van der Waals surface area contributed by atoms with Gasteiger partial charge in [-0.3, -0.25) is 4.79 Å². The highest BCUT2D eigenvalue weighted by Gasteiger charge is 2.12. The van der Waals surface area contributed by atoms with Crippen LogP contribution in [-0.2, 0) is 6.42 Å². The maximum Gasteiger partial charge on any atom is 0.283 e. The summed E-state index contributed by atoms with van der Waals surface area (Å²) in [5.41, 5.74) is 1.57. The number of para-hydroxylation sites is 1. The summed E-state index contributed by atoms with van der Waals surface area (Å²) >= 11 is 1.41. The third-order valence-corrected chi connectivity index (χ3v) is 4.86. The molecule has 25 heavy (non-hydrogen) atoms. The first kappa shape index (κ1) is 15.6. The molecule has 0 aliphatic rings. The summed E-state index contributed by atoms with van der Waals surface area (Å²) in [5, 5.41) is 5.83. The van der Waals surface area contributed by atoms with E-state index in [2.05, 4.69) is 10.1 Å². The summed E-state index contributed by atoms with van der Waals surface area (Å²) in [7, 11) is 3.21. The average molecular weight is 353 g/mol. The van der Waals surface area contributed by atoms with Gasteiger partial charge in [-0.2, -0.15) is 9.61 Å². The van der Waals surface area contributed by atoms with Crippen molar-refractivity contribution in [3.63, 3.8) is 0 Å². The van der Waals surface area contributed by atoms with Gasteiger partial charge in [-0.1, -0.05) is 29.5 Å². The molecule has 4 rings (SSSR count). The zero-order chi connectivity index (χ0) is 17.4. The molecule has 0 fully saturated rings. The van der Waals surface area contributed by atoms with Gasteiger partial charge in [0.25, 0.3) is 5.56 Å². The van der Waals surface area contributed by atoms with Gasteiger partial charge < -0.3 is 9.47 Å². The van der Waals surface area contributed by atoms with E-state index in [1.54, 1.807) is 20.3 Å². The van der Waals surface area contributed by atoms with Crippen LogP contribution in [0.1, 0.15) is 10.6 Å². The molecule has 0 saturated carbocycles. The lowest BCUT2D eigenvalue weighted by Gasteiger charge is -2.08. The van der Waals surface area contributed by atoms with E-state index in [1.165, 1.54) is 15.9 Å². The van der Waals surface area contributed by atoms with Crippen LogP contribution in [0, 0.1) is 0 Å². The molecule has 7 heteroatoms. The highest BCUT2D eigenvalue weighted by Crippen LogP contribution is 2.29. The minimum absolute atomic E-state index is 0.143. The molecule has 0 atom stereocenters. The third-order valence-electron chi connectivity index (χ3n) is 3.95. The summed E-state index contributed by atoms with van der Waals surface area (Å²) in [6.45, 7) is 0. The monoisotopic (exact) mass is 353 g/mol. The largest absolute Gasteiger partial charge is 0.493 e. The minimum atomic E-state index is -0.143. The second-order valence-electron chi connectivity index (χ2n) is 5.49. The van der Waals surface area contributed by atoms with Crippen LogP contribution in [-0.4, -0.2) is 28.8 Å². The Morgan fingerprint density at radius 1 is 1.08 bits per heavy atom. The zero-order valence-electron chi connectivity index (χ0n) is 13.7. The first-order chi connectivity index (χ1) is 12.2. The fourth-order valence-corrected chi connectivity index (χ4v) is 3.66.